The molecule has 0 aromatic heterocycles. The SMILES string of the molecule is COc1ccccc1CNCc1cc(N(C)C)c2c(c1O)C(O)=C1C(=O)C3(O)C(O)=C(C(N)=O)C(=O)C(N(C)C)C3CC1C2. The smallest absolute Gasteiger partial charge is 0.255 e. The summed E-state index contributed by atoms with van der Waals surface area (Å²) in [6.45, 7) is 0.640. The number of ketones is 2. The van der Waals surface area contributed by atoms with Crippen LogP contribution in [-0.4, -0.2) is 89.7 Å². The second-order valence-corrected chi connectivity index (χ2v) is 12.0. The van der Waals surface area contributed by atoms with Gasteiger partial charge >= 0.3 is 0 Å². The second-order valence-electron chi connectivity index (χ2n) is 12.0. The maximum absolute atomic E-state index is 14.1. The fourth-order valence-electron chi connectivity index (χ4n) is 7.06. The summed E-state index contributed by atoms with van der Waals surface area (Å²) in [6.07, 6.45) is 0.242. The number of para-hydroxylation sites is 1. The molecule has 3 aliphatic carbocycles. The van der Waals surface area contributed by atoms with E-state index in [1.54, 1.807) is 21.2 Å². The molecule has 1 fully saturated rings. The van der Waals surface area contributed by atoms with Gasteiger partial charge in [-0.15, -0.1) is 0 Å². The van der Waals surface area contributed by atoms with Crippen molar-refractivity contribution in [3.63, 3.8) is 0 Å². The lowest BCUT2D eigenvalue weighted by Gasteiger charge is -2.50. The van der Waals surface area contributed by atoms with Gasteiger partial charge in [0.15, 0.2) is 11.4 Å². The molecule has 0 bridgehead atoms. The van der Waals surface area contributed by atoms with Gasteiger partial charge in [0, 0.05) is 55.5 Å². The molecule has 12 nitrogen and oxygen atoms in total. The molecule has 2 aromatic rings. The van der Waals surface area contributed by atoms with Gasteiger partial charge in [-0.1, -0.05) is 18.2 Å². The first kappa shape index (κ1) is 31.0. The summed E-state index contributed by atoms with van der Waals surface area (Å²) in [5.41, 5.74) is 4.45. The molecule has 1 saturated carbocycles. The number of carbonyl (C=O) groups excluding carboxylic acids is 3. The lowest BCUT2D eigenvalue weighted by molar-refractivity contribution is -0.153. The summed E-state index contributed by atoms with van der Waals surface area (Å²) >= 11 is 0. The number of primary amides is 1. The van der Waals surface area contributed by atoms with Crippen LogP contribution in [0.4, 0.5) is 5.69 Å². The van der Waals surface area contributed by atoms with Gasteiger partial charge in [-0.2, -0.15) is 0 Å². The highest BCUT2D eigenvalue weighted by molar-refractivity contribution is 6.24. The highest BCUT2D eigenvalue weighted by atomic mass is 16.5. The number of aliphatic hydroxyl groups excluding tert-OH is 2. The molecule has 44 heavy (non-hydrogen) atoms. The molecule has 4 unspecified atom stereocenters. The van der Waals surface area contributed by atoms with Crippen LogP contribution in [-0.2, 0) is 33.9 Å². The van der Waals surface area contributed by atoms with E-state index in [0.29, 0.717) is 29.1 Å². The van der Waals surface area contributed by atoms with Crippen molar-refractivity contribution in [1.82, 2.24) is 10.2 Å². The Morgan fingerprint density at radius 1 is 1.09 bits per heavy atom. The molecular weight excluding hydrogens is 568 g/mol. The van der Waals surface area contributed by atoms with E-state index in [9.17, 15) is 34.8 Å². The van der Waals surface area contributed by atoms with Crippen LogP contribution in [0.5, 0.6) is 11.5 Å². The number of ether oxygens (including phenoxy) is 1. The molecular formula is C32H38N4O8. The molecule has 0 radical (unpaired) electrons. The summed E-state index contributed by atoms with van der Waals surface area (Å²) in [5.74, 6) is -6.02. The number of phenolic OH excluding ortho intramolecular Hbond substituents is 1. The van der Waals surface area contributed by atoms with E-state index >= 15 is 0 Å². The number of fused-ring (bicyclic) bond motifs is 3. The summed E-state index contributed by atoms with van der Waals surface area (Å²) in [7, 11) is 8.38. The molecule has 12 heteroatoms. The Labute approximate surface area is 255 Å². The van der Waals surface area contributed by atoms with E-state index in [0.717, 1.165) is 5.56 Å². The van der Waals surface area contributed by atoms with Gasteiger partial charge in [-0.25, -0.2) is 0 Å². The number of methoxy groups -OCH3 is 1. The normalized spacial score (nSPS) is 24.7. The molecule has 0 saturated heterocycles. The fourth-order valence-corrected chi connectivity index (χ4v) is 7.06. The van der Waals surface area contributed by atoms with Gasteiger partial charge in [-0.05, 0) is 50.6 Å². The number of anilines is 1. The Balaban J connectivity index is 1.61. The van der Waals surface area contributed by atoms with Crippen molar-refractivity contribution in [2.45, 2.75) is 37.6 Å². The second kappa shape index (κ2) is 11.3. The highest BCUT2D eigenvalue weighted by Gasteiger charge is 2.64. The van der Waals surface area contributed by atoms with E-state index in [1.165, 1.54) is 4.90 Å². The van der Waals surface area contributed by atoms with E-state index in [-0.39, 0.29) is 36.3 Å². The average molecular weight is 607 g/mol. The Morgan fingerprint density at radius 3 is 2.36 bits per heavy atom. The van der Waals surface area contributed by atoms with Crippen LogP contribution in [0.1, 0.15) is 28.7 Å². The Kier molecular flexibility index (Phi) is 7.95. The number of phenols is 1. The first-order valence-corrected chi connectivity index (χ1v) is 14.3. The molecule has 4 atom stereocenters. The summed E-state index contributed by atoms with van der Waals surface area (Å²) in [5, 5.41) is 49.3. The first-order valence-electron chi connectivity index (χ1n) is 14.3. The molecule has 234 valence electrons. The number of hydrogen-bond donors (Lipinski definition) is 6. The standard InChI is InChI=1S/C32H38N4O8/c1-35(2)20-12-17(14-34-13-15-8-6-7-9-21(15)44-5)26(37)23-18(20)10-16-11-19-25(36(3)4)28(39)24(31(33)42)30(41)32(19,43)29(40)22(16)27(23)38/h6-9,12,16,19,25,34,37-38,41,43H,10-11,13-14H2,1-5H3,(H2,33,42). The number of likely N-dealkylation sites (N-methyl/N-ethyl adjacent to an activating group) is 1. The van der Waals surface area contributed by atoms with Crippen molar-refractivity contribution in [3.8, 4) is 11.5 Å². The molecule has 0 aliphatic heterocycles. The van der Waals surface area contributed by atoms with Crippen LogP contribution in [0, 0.1) is 11.8 Å². The monoisotopic (exact) mass is 606 g/mol. The quantitative estimate of drug-likeness (QED) is 0.238. The van der Waals surface area contributed by atoms with Crippen molar-refractivity contribution < 1.29 is 39.5 Å². The fraction of sp³-hybridized carbons (Fsp3) is 0.406. The van der Waals surface area contributed by atoms with E-state index < -0.39 is 58.0 Å². The summed E-state index contributed by atoms with van der Waals surface area (Å²) < 4.78 is 5.41. The van der Waals surface area contributed by atoms with E-state index in [2.05, 4.69) is 5.32 Å². The first-order chi connectivity index (χ1) is 20.7. The molecule has 2 aromatic carbocycles. The molecule has 3 aliphatic rings. The minimum atomic E-state index is -2.68. The van der Waals surface area contributed by atoms with Crippen molar-refractivity contribution in [3.05, 3.63) is 69.5 Å². The predicted octanol–water partition coefficient (Wildman–Crippen LogP) is 1.33. The van der Waals surface area contributed by atoms with E-state index in [1.807, 2.05) is 49.3 Å². The van der Waals surface area contributed by atoms with Gasteiger partial charge in [0.25, 0.3) is 5.91 Å². The van der Waals surface area contributed by atoms with Crippen LogP contribution >= 0.6 is 0 Å². The van der Waals surface area contributed by atoms with Crippen LogP contribution in [0.15, 0.2) is 47.2 Å². The van der Waals surface area contributed by atoms with Gasteiger partial charge in [-0.3, -0.25) is 19.3 Å². The number of amides is 1. The summed E-state index contributed by atoms with van der Waals surface area (Å²) in [6, 6.07) is 8.21. The molecule has 0 spiro atoms. The third kappa shape index (κ3) is 4.61. The summed E-state index contributed by atoms with van der Waals surface area (Å²) in [4.78, 5) is 43.0. The zero-order valence-corrected chi connectivity index (χ0v) is 25.3. The number of nitrogens with two attached hydrogens (primary N) is 1. The molecule has 1 amide bonds. The lowest BCUT2D eigenvalue weighted by atomic mass is 9.57. The number of aromatic hydroxyl groups is 1. The van der Waals surface area contributed by atoms with Crippen LogP contribution in [0.2, 0.25) is 0 Å². The predicted molar refractivity (Wildman–Crippen MR) is 162 cm³/mol. The third-order valence-corrected chi connectivity index (χ3v) is 9.08. The largest absolute Gasteiger partial charge is 0.508 e. The third-order valence-electron chi connectivity index (χ3n) is 9.08. The highest BCUT2D eigenvalue weighted by Crippen LogP contribution is 2.54. The number of aliphatic hydroxyl groups is 3. The van der Waals surface area contributed by atoms with Crippen molar-refractivity contribution >= 4 is 28.9 Å². The van der Waals surface area contributed by atoms with Crippen molar-refractivity contribution in [2.24, 2.45) is 17.6 Å². The Morgan fingerprint density at radius 2 is 1.75 bits per heavy atom. The Hall–Kier alpha value is -4.39. The van der Waals surface area contributed by atoms with Crippen LogP contribution < -0.4 is 20.7 Å². The number of Topliss-reactive ketones (excluding diaryl/α,β-unsaturated/α-hetero) is 2. The van der Waals surface area contributed by atoms with Gasteiger partial charge in [0.1, 0.15) is 28.6 Å². The van der Waals surface area contributed by atoms with Gasteiger partial charge in [0.05, 0.1) is 18.7 Å². The van der Waals surface area contributed by atoms with Crippen LogP contribution in [0.25, 0.3) is 5.76 Å². The van der Waals surface area contributed by atoms with Crippen molar-refractivity contribution in [1.29, 1.82) is 0 Å². The number of nitrogens with zero attached hydrogens (tertiary/aromatic N) is 2. The topological polar surface area (TPSA) is 186 Å². The molecule has 5 rings (SSSR count). The maximum Gasteiger partial charge on any atom is 0.255 e. The number of rotatable bonds is 8. The average Bonchev–Trinajstić information content (AvgIpc) is 2.95. The molecule has 7 N–H and O–H groups in total. The number of hydrogen-bond acceptors (Lipinski definition) is 11. The van der Waals surface area contributed by atoms with Crippen LogP contribution in [0.3, 0.4) is 0 Å². The van der Waals surface area contributed by atoms with Gasteiger partial charge < -0.3 is 41.1 Å². The minimum Gasteiger partial charge on any atom is -0.508 e. The number of benzene rings is 2. The lowest BCUT2D eigenvalue weighted by Crippen LogP contribution is -2.65. The van der Waals surface area contributed by atoms with Crippen molar-refractivity contribution in [2.75, 3.05) is 40.2 Å². The maximum atomic E-state index is 14.1. The number of nitrogens with one attached hydrogen (secondary N) is 1. The Bertz CT molecular complexity index is 1630. The minimum absolute atomic E-state index is 0.0294. The van der Waals surface area contributed by atoms with Gasteiger partial charge in [0.2, 0.25) is 5.78 Å². The zero-order valence-electron chi connectivity index (χ0n) is 25.3. The zero-order chi connectivity index (χ0) is 32.2. The molecule has 0 heterocycles. The number of carbonyl (C=O) groups is 3. The van der Waals surface area contributed by atoms with E-state index in [4.69, 9.17) is 10.5 Å².